The van der Waals surface area contributed by atoms with Gasteiger partial charge in [-0.3, -0.25) is 4.79 Å². The van der Waals surface area contributed by atoms with Crippen molar-refractivity contribution in [1.29, 1.82) is 0 Å². The molecule has 0 bridgehead atoms. The second kappa shape index (κ2) is 11.0. The van der Waals surface area contributed by atoms with Crippen LogP contribution in [0.4, 0.5) is 0 Å². The first kappa shape index (κ1) is 24.4. The average Bonchev–Trinajstić information content (AvgIpc) is 2.71. The van der Waals surface area contributed by atoms with E-state index in [4.69, 9.17) is 9.15 Å². The molecule has 0 radical (unpaired) electrons. The Morgan fingerprint density at radius 1 is 1.13 bits per heavy atom. The number of fused-ring (bicyclic) bond motifs is 1. The third kappa shape index (κ3) is 6.09. The zero-order valence-electron chi connectivity index (χ0n) is 19.0. The van der Waals surface area contributed by atoms with Crippen molar-refractivity contribution in [2.45, 2.75) is 72.8 Å². The van der Waals surface area contributed by atoms with Gasteiger partial charge in [0.05, 0.1) is 0 Å². The van der Waals surface area contributed by atoms with Gasteiger partial charge in [-0.25, -0.2) is 9.59 Å². The van der Waals surface area contributed by atoms with Gasteiger partial charge in [0.2, 0.25) is 0 Å². The zero-order valence-corrected chi connectivity index (χ0v) is 19.0. The minimum Gasteiger partial charge on any atom is -0.483 e. The number of aryl methyl sites for hydroxylation is 2. The summed E-state index contributed by atoms with van der Waals surface area (Å²) in [5.41, 5.74) is 2.37. The highest BCUT2D eigenvalue weighted by Gasteiger charge is 2.23. The molecule has 0 fully saturated rings. The van der Waals surface area contributed by atoms with E-state index in [1.54, 1.807) is 26.8 Å². The molecule has 0 aliphatic carbocycles. The molecule has 170 valence electrons. The van der Waals surface area contributed by atoms with Crippen molar-refractivity contribution in [2.24, 2.45) is 5.92 Å². The van der Waals surface area contributed by atoms with E-state index in [1.165, 1.54) is 0 Å². The van der Waals surface area contributed by atoms with Crippen molar-refractivity contribution in [3.63, 3.8) is 0 Å². The van der Waals surface area contributed by atoms with Gasteiger partial charge in [-0.2, -0.15) is 0 Å². The Balaban J connectivity index is 2.18. The molecule has 0 spiro atoms. The molecule has 2 aromatic rings. The van der Waals surface area contributed by atoms with Crippen LogP contribution in [0.2, 0.25) is 0 Å². The van der Waals surface area contributed by atoms with Gasteiger partial charge < -0.3 is 19.6 Å². The first-order valence-corrected chi connectivity index (χ1v) is 10.9. The predicted molar refractivity (Wildman–Crippen MR) is 120 cm³/mol. The van der Waals surface area contributed by atoms with Crippen LogP contribution in [0.1, 0.15) is 63.1 Å². The molecule has 0 unspecified atom stereocenters. The Kier molecular flexibility index (Phi) is 8.65. The number of amides is 1. The Morgan fingerprint density at radius 2 is 1.84 bits per heavy atom. The zero-order chi connectivity index (χ0) is 23.1. The van der Waals surface area contributed by atoms with Crippen molar-refractivity contribution < 1.29 is 23.8 Å². The number of nitrogens with one attached hydrogen (secondary N) is 1. The van der Waals surface area contributed by atoms with Gasteiger partial charge in [0.1, 0.15) is 17.4 Å². The van der Waals surface area contributed by atoms with Crippen LogP contribution in [0.15, 0.2) is 21.3 Å². The summed E-state index contributed by atoms with van der Waals surface area (Å²) in [7, 11) is 0. The molecule has 7 nitrogen and oxygen atoms in total. The van der Waals surface area contributed by atoms with Gasteiger partial charge in [0.15, 0.2) is 6.61 Å². The molecule has 0 aliphatic heterocycles. The second-order valence-corrected chi connectivity index (χ2v) is 8.29. The second-order valence-electron chi connectivity index (χ2n) is 8.29. The van der Waals surface area contributed by atoms with E-state index in [9.17, 15) is 19.5 Å². The molecular formula is C24H33NO6. The van der Waals surface area contributed by atoms with E-state index in [1.807, 2.05) is 13.0 Å². The molecule has 7 heteroatoms. The predicted octanol–water partition coefficient (Wildman–Crippen LogP) is 4.14. The molecule has 0 aliphatic rings. The maximum atomic E-state index is 12.6. The van der Waals surface area contributed by atoms with Crippen LogP contribution in [0.5, 0.6) is 5.75 Å². The monoisotopic (exact) mass is 431 g/mol. The number of ether oxygens (including phenoxy) is 1. The van der Waals surface area contributed by atoms with Crippen LogP contribution >= 0.6 is 0 Å². The molecule has 1 amide bonds. The molecule has 2 N–H and O–H groups in total. The Morgan fingerprint density at radius 3 is 2.45 bits per heavy atom. The van der Waals surface area contributed by atoms with E-state index < -0.39 is 17.9 Å². The van der Waals surface area contributed by atoms with Gasteiger partial charge in [-0.1, -0.05) is 40.0 Å². The topological polar surface area (TPSA) is 106 Å². The van der Waals surface area contributed by atoms with Crippen molar-refractivity contribution in [1.82, 2.24) is 5.32 Å². The number of benzene rings is 1. The number of carboxylic acids is 1. The van der Waals surface area contributed by atoms with Crippen LogP contribution in [0.3, 0.4) is 0 Å². The SMILES string of the molecule is CCCCCCc1c(C)c2ccc(OCC(=O)N[C@H](C(=O)O)C(C)C)c(C)c2oc1=O. The fourth-order valence-corrected chi connectivity index (χ4v) is 3.62. The molecule has 0 saturated carbocycles. The van der Waals surface area contributed by atoms with Crippen LogP contribution in [-0.2, 0) is 16.0 Å². The first-order valence-electron chi connectivity index (χ1n) is 10.9. The summed E-state index contributed by atoms with van der Waals surface area (Å²) in [6.45, 7) is 8.95. The van der Waals surface area contributed by atoms with Gasteiger partial charge in [0.25, 0.3) is 5.91 Å². The van der Waals surface area contributed by atoms with Gasteiger partial charge in [-0.15, -0.1) is 0 Å². The largest absolute Gasteiger partial charge is 0.483 e. The Bertz CT molecular complexity index is 992. The van der Waals surface area contributed by atoms with E-state index in [0.29, 0.717) is 28.9 Å². The average molecular weight is 432 g/mol. The van der Waals surface area contributed by atoms with Gasteiger partial charge >= 0.3 is 11.6 Å². The highest BCUT2D eigenvalue weighted by molar-refractivity contribution is 5.86. The third-order valence-electron chi connectivity index (χ3n) is 5.54. The molecule has 1 aromatic carbocycles. The van der Waals surface area contributed by atoms with Crippen LogP contribution in [0.25, 0.3) is 11.0 Å². The summed E-state index contributed by atoms with van der Waals surface area (Å²) in [4.78, 5) is 35.9. The summed E-state index contributed by atoms with van der Waals surface area (Å²) in [6.07, 6.45) is 5.02. The van der Waals surface area contributed by atoms with Gasteiger partial charge in [-0.05, 0) is 50.3 Å². The molecular weight excluding hydrogens is 398 g/mol. The number of rotatable bonds is 11. The minimum atomic E-state index is -1.09. The number of hydrogen-bond acceptors (Lipinski definition) is 5. The number of carbonyl (C=O) groups is 2. The number of unbranched alkanes of at least 4 members (excludes halogenated alkanes) is 3. The normalized spacial score (nSPS) is 12.2. The molecule has 1 heterocycles. The molecule has 2 rings (SSSR count). The van der Waals surface area contributed by atoms with Crippen LogP contribution in [0, 0.1) is 19.8 Å². The smallest absolute Gasteiger partial charge is 0.339 e. The van der Waals surface area contributed by atoms with Crippen molar-refractivity contribution in [3.8, 4) is 5.75 Å². The maximum Gasteiger partial charge on any atom is 0.339 e. The number of hydrogen-bond donors (Lipinski definition) is 2. The highest BCUT2D eigenvalue weighted by atomic mass is 16.5. The minimum absolute atomic E-state index is 0.253. The molecule has 1 atom stereocenters. The van der Waals surface area contributed by atoms with E-state index in [-0.39, 0.29) is 18.2 Å². The van der Waals surface area contributed by atoms with E-state index >= 15 is 0 Å². The summed E-state index contributed by atoms with van der Waals surface area (Å²) < 4.78 is 11.2. The fourth-order valence-electron chi connectivity index (χ4n) is 3.62. The Hall–Kier alpha value is -2.83. The molecule has 1 aromatic heterocycles. The highest BCUT2D eigenvalue weighted by Crippen LogP contribution is 2.29. The standard InChI is InChI=1S/C24H33NO6/c1-6-7-8-9-10-18-15(4)17-11-12-19(16(5)22(17)31-24(18)29)30-13-20(26)25-21(14(2)3)23(27)28/h11-12,14,21H,6-10,13H2,1-5H3,(H,25,26)(H,27,28)/t21-/m0/s1. The lowest BCUT2D eigenvalue weighted by Crippen LogP contribution is -2.46. The van der Waals surface area contributed by atoms with Crippen molar-refractivity contribution in [3.05, 3.63) is 39.2 Å². The summed E-state index contributed by atoms with van der Waals surface area (Å²) in [5.74, 6) is -1.46. The third-order valence-corrected chi connectivity index (χ3v) is 5.54. The summed E-state index contributed by atoms with van der Waals surface area (Å²) in [6, 6.07) is 2.60. The molecule has 0 saturated heterocycles. The molecule has 31 heavy (non-hydrogen) atoms. The number of carboxylic acid groups (broad SMARTS) is 1. The van der Waals surface area contributed by atoms with Crippen LogP contribution < -0.4 is 15.7 Å². The van der Waals surface area contributed by atoms with E-state index in [0.717, 1.165) is 36.6 Å². The van der Waals surface area contributed by atoms with Crippen molar-refractivity contribution >= 4 is 22.8 Å². The van der Waals surface area contributed by atoms with E-state index in [2.05, 4.69) is 12.2 Å². The van der Waals surface area contributed by atoms with Crippen LogP contribution in [-0.4, -0.2) is 29.6 Å². The lowest BCUT2D eigenvalue weighted by Gasteiger charge is -2.18. The summed E-state index contributed by atoms with van der Waals surface area (Å²) >= 11 is 0. The van der Waals surface area contributed by atoms with Gasteiger partial charge in [0, 0.05) is 16.5 Å². The quantitative estimate of drug-likeness (QED) is 0.409. The Labute approximate surface area is 182 Å². The first-order chi connectivity index (χ1) is 14.7. The fraction of sp³-hybridized carbons (Fsp3) is 0.542. The lowest BCUT2D eigenvalue weighted by atomic mass is 9.99. The van der Waals surface area contributed by atoms with Crippen molar-refractivity contribution in [2.75, 3.05) is 6.61 Å². The maximum absolute atomic E-state index is 12.6. The number of carbonyl (C=O) groups excluding carboxylic acids is 1. The lowest BCUT2D eigenvalue weighted by molar-refractivity contribution is -0.143. The summed E-state index contributed by atoms with van der Waals surface area (Å²) in [5, 5.41) is 12.5. The number of aliphatic carboxylic acids is 1.